The molecule has 13 heavy (non-hydrogen) atoms. The summed E-state index contributed by atoms with van der Waals surface area (Å²) in [6.07, 6.45) is 5.21. The number of oxazole rings is 1. The summed E-state index contributed by atoms with van der Waals surface area (Å²) in [4.78, 5) is 3.86. The lowest BCUT2D eigenvalue weighted by atomic mass is 10.1. The molecule has 3 heteroatoms. The Bertz CT molecular complexity index is 332. The molecule has 0 fully saturated rings. The Morgan fingerprint density at radius 1 is 1.46 bits per heavy atom. The van der Waals surface area contributed by atoms with Gasteiger partial charge in [-0.1, -0.05) is 22.0 Å². The van der Waals surface area contributed by atoms with Gasteiger partial charge in [0.1, 0.15) is 5.76 Å². The van der Waals surface area contributed by atoms with Crippen LogP contribution in [-0.2, 0) is 0 Å². The maximum absolute atomic E-state index is 5.16. The summed E-state index contributed by atoms with van der Waals surface area (Å²) in [5, 5.41) is 0. The van der Waals surface area contributed by atoms with Crippen LogP contribution < -0.4 is 0 Å². The van der Waals surface area contributed by atoms with Crippen LogP contribution in [0.1, 0.15) is 26.5 Å². The smallest absolute Gasteiger partial charge is 0.181 e. The Morgan fingerprint density at radius 3 is 2.62 bits per heavy atom. The molecule has 1 aromatic heterocycles. The van der Waals surface area contributed by atoms with E-state index < -0.39 is 0 Å². The van der Waals surface area contributed by atoms with Gasteiger partial charge in [0.05, 0.1) is 6.20 Å². The maximum atomic E-state index is 5.16. The van der Waals surface area contributed by atoms with Crippen LogP contribution in [0.4, 0.5) is 0 Å². The summed E-state index contributed by atoms with van der Waals surface area (Å²) in [5.41, 5.74) is 2.27. The van der Waals surface area contributed by atoms with E-state index in [2.05, 4.69) is 27.0 Å². The van der Waals surface area contributed by atoms with E-state index in [9.17, 15) is 0 Å². The summed E-state index contributed by atoms with van der Waals surface area (Å²) >= 11 is 3.42. The number of halogens is 1. The van der Waals surface area contributed by atoms with Crippen LogP contribution in [0.15, 0.2) is 33.1 Å². The SMILES string of the molecule is C/C(=C\C(C)=C(/C)Br)c1cnco1. The van der Waals surface area contributed by atoms with Crippen LogP contribution in [0.25, 0.3) is 5.57 Å². The summed E-state index contributed by atoms with van der Waals surface area (Å²) in [6.45, 7) is 6.06. The van der Waals surface area contributed by atoms with Crippen molar-refractivity contribution in [2.75, 3.05) is 0 Å². The van der Waals surface area contributed by atoms with Crippen molar-refractivity contribution in [2.45, 2.75) is 20.8 Å². The molecule has 0 bridgehead atoms. The second-order valence-corrected chi connectivity index (χ2v) is 4.10. The van der Waals surface area contributed by atoms with E-state index >= 15 is 0 Å². The Kier molecular flexibility index (Phi) is 3.48. The van der Waals surface area contributed by atoms with Gasteiger partial charge >= 0.3 is 0 Å². The first-order chi connectivity index (χ1) is 6.11. The number of hydrogen-bond donors (Lipinski definition) is 0. The van der Waals surface area contributed by atoms with Crippen LogP contribution in [0.2, 0.25) is 0 Å². The molecule has 0 saturated carbocycles. The Hall–Kier alpha value is -0.830. The molecule has 0 radical (unpaired) electrons. The minimum Gasteiger partial charge on any atom is -0.444 e. The van der Waals surface area contributed by atoms with Crippen molar-refractivity contribution in [3.63, 3.8) is 0 Å². The molecule has 0 aliphatic carbocycles. The highest BCUT2D eigenvalue weighted by atomic mass is 79.9. The van der Waals surface area contributed by atoms with Gasteiger partial charge in [-0.05, 0) is 36.4 Å². The van der Waals surface area contributed by atoms with E-state index in [0.717, 1.165) is 15.8 Å². The highest BCUT2D eigenvalue weighted by Crippen LogP contribution is 2.18. The molecule has 1 heterocycles. The fourth-order valence-electron chi connectivity index (χ4n) is 0.906. The average Bonchev–Trinajstić information content (AvgIpc) is 2.55. The van der Waals surface area contributed by atoms with Gasteiger partial charge in [0.2, 0.25) is 0 Å². The van der Waals surface area contributed by atoms with Crippen LogP contribution in [0.5, 0.6) is 0 Å². The third-order valence-corrected chi connectivity index (χ3v) is 2.42. The van der Waals surface area contributed by atoms with Crippen LogP contribution >= 0.6 is 15.9 Å². The van der Waals surface area contributed by atoms with E-state index in [1.54, 1.807) is 6.20 Å². The van der Waals surface area contributed by atoms with E-state index in [-0.39, 0.29) is 0 Å². The lowest BCUT2D eigenvalue weighted by Gasteiger charge is -1.97. The van der Waals surface area contributed by atoms with Crippen molar-refractivity contribution in [3.05, 3.63) is 34.5 Å². The third-order valence-electron chi connectivity index (χ3n) is 1.80. The van der Waals surface area contributed by atoms with E-state index in [0.29, 0.717) is 0 Å². The Balaban J connectivity index is 2.91. The molecular formula is C10H12BrNO. The largest absolute Gasteiger partial charge is 0.444 e. The normalized spacial score (nSPS) is 14.3. The molecule has 2 nitrogen and oxygen atoms in total. The van der Waals surface area contributed by atoms with Gasteiger partial charge in [0.25, 0.3) is 0 Å². The highest BCUT2D eigenvalue weighted by molar-refractivity contribution is 9.11. The van der Waals surface area contributed by atoms with Crippen LogP contribution in [0, 0.1) is 0 Å². The second-order valence-electron chi connectivity index (χ2n) is 2.91. The lowest BCUT2D eigenvalue weighted by molar-refractivity contribution is 0.544. The minimum absolute atomic E-state index is 0.813. The van der Waals surface area contributed by atoms with Gasteiger partial charge in [-0.2, -0.15) is 0 Å². The average molecular weight is 242 g/mol. The zero-order valence-electron chi connectivity index (χ0n) is 7.97. The third kappa shape index (κ3) is 2.84. The first kappa shape index (κ1) is 10.3. The van der Waals surface area contributed by atoms with Crippen LogP contribution in [-0.4, -0.2) is 4.98 Å². The number of allylic oxidation sites excluding steroid dienone is 4. The number of hydrogen-bond acceptors (Lipinski definition) is 2. The van der Waals surface area contributed by atoms with Crippen molar-refractivity contribution in [3.8, 4) is 0 Å². The first-order valence-corrected chi connectivity index (χ1v) is 4.80. The van der Waals surface area contributed by atoms with E-state index in [1.807, 2.05) is 20.8 Å². The van der Waals surface area contributed by atoms with E-state index in [4.69, 9.17) is 4.42 Å². The molecule has 0 aromatic carbocycles. The zero-order valence-corrected chi connectivity index (χ0v) is 9.55. The summed E-state index contributed by atoms with van der Waals surface area (Å²) in [5.74, 6) is 0.813. The molecular weight excluding hydrogens is 230 g/mol. The predicted molar refractivity (Wildman–Crippen MR) is 57.5 cm³/mol. The first-order valence-electron chi connectivity index (χ1n) is 4.01. The highest BCUT2D eigenvalue weighted by Gasteiger charge is 1.99. The summed E-state index contributed by atoms with van der Waals surface area (Å²) < 4.78 is 6.29. The monoisotopic (exact) mass is 241 g/mol. The van der Waals surface area contributed by atoms with Gasteiger partial charge in [0.15, 0.2) is 6.39 Å². The van der Waals surface area contributed by atoms with Gasteiger partial charge in [-0.25, -0.2) is 4.98 Å². The van der Waals surface area contributed by atoms with Gasteiger partial charge in [-0.15, -0.1) is 0 Å². The molecule has 0 spiro atoms. The van der Waals surface area contributed by atoms with Gasteiger partial charge in [0, 0.05) is 0 Å². The molecule has 0 unspecified atom stereocenters. The molecule has 0 N–H and O–H groups in total. The Labute approximate surface area is 86.5 Å². The molecule has 1 rings (SSSR count). The fourth-order valence-corrected chi connectivity index (χ4v) is 1.02. The van der Waals surface area contributed by atoms with Crippen LogP contribution in [0.3, 0.4) is 0 Å². The minimum atomic E-state index is 0.813. The van der Waals surface area contributed by atoms with Gasteiger partial charge < -0.3 is 4.42 Å². The predicted octanol–water partition coefficient (Wildman–Crippen LogP) is 3.77. The van der Waals surface area contributed by atoms with Crippen molar-refractivity contribution < 1.29 is 4.42 Å². The molecule has 0 aliphatic rings. The topological polar surface area (TPSA) is 26.0 Å². The summed E-state index contributed by atoms with van der Waals surface area (Å²) in [7, 11) is 0. The zero-order chi connectivity index (χ0) is 9.84. The fraction of sp³-hybridized carbons (Fsp3) is 0.300. The van der Waals surface area contributed by atoms with E-state index in [1.165, 1.54) is 12.0 Å². The molecule has 70 valence electrons. The van der Waals surface area contributed by atoms with Crippen molar-refractivity contribution in [2.24, 2.45) is 0 Å². The molecule has 1 aromatic rings. The maximum Gasteiger partial charge on any atom is 0.181 e. The summed E-state index contributed by atoms with van der Waals surface area (Å²) in [6, 6.07) is 0. The lowest BCUT2D eigenvalue weighted by Crippen LogP contribution is -1.77. The standard InChI is InChI=1S/C10H12BrNO/c1-7(9(3)11)4-8(2)10-5-12-6-13-10/h4-6H,1-3H3/b8-4+,9-7+. The number of aromatic nitrogens is 1. The van der Waals surface area contributed by atoms with Crippen molar-refractivity contribution >= 4 is 21.5 Å². The van der Waals surface area contributed by atoms with Gasteiger partial charge in [-0.3, -0.25) is 0 Å². The number of nitrogens with zero attached hydrogens (tertiary/aromatic N) is 1. The molecule has 0 atom stereocenters. The van der Waals surface area contributed by atoms with Crippen molar-refractivity contribution in [1.82, 2.24) is 4.98 Å². The Morgan fingerprint density at radius 2 is 2.15 bits per heavy atom. The second kappa shape index (κ2) is 4.42. The quantitative estimate of drug-likeness (QED) is 0.738. The molecule has 0 aliphatic heterocycles. The molecule has 0 saturated heterocycles. The number of rotatable bonds is 2. The van der Waals surface area contributed by atoms with Crippen molar-refractivity contribution in [1.29, 1.82) is 0 Å². The molecule has 0 amide bonds.